The van der Waals surface area contributed by atoms with E-state index in [4.69, 9.17) is 15.9 Å². The minimum atomic E-state index is 0. The van der Waals surface area contributed by atoms with Gasteiger partial charge >= 0.3 is 0 Å². The molecule has 1 N–H and O–H groups in total. The molecule has 1 rings (SSSR count). The standard InChI is InChI=1S/C13H17NO2.ClH/c1-4-9-16-13-11(10-14-5-2)7-6-8-12(13)15-3;/h1,6-8,14H,5,9-10H2,2-3H3;1H. The van der Waals surface area contributed by atoms with Crippen molar-refractivity contribution in [1.29, 1.82) is 0 Å². The fraction of sp³-hybridized carbons (Fsp3) is 0.385. The molecule has 0 aliphatic carbocycles. The van der Waals surface area contributed by atoms with Gasteiger partial charge in [-0.3, -0.25) is 0 Å². The van der Waals surface area contributed by atoms with Crippen LogP contribution in [0.5, 0.6) is 11.5 Å². The molecule has 94 valence electrons. The lowest BCUT2D eigenvalue weighted by Gasteiger charge is -2.13. The monoisotopic (exact) mass is 255 g/mol. The average Bonchev–Trinajstić information content (AvgIpc) is 2.33. The lowest BCUT2D eigenvalue weighted by atomic mass is 10.2. The summed E-state index contributed by atoms with van der Waals surface area (Å²) in [4.78, 5) is 0. The number of para-hydroxylation sites is 1. The van der Waals surface area contributed by atoms with E-state index in [2.05, 4.69) is 18.2 Å². The van der Waals surface area contributed by atoms with Gasteiger partial charge in [0, 0.05) is 12.1 Å². The molecule has 0 saturated carbocycles. The van der Waals surface area contributed by atoms with Gasteiger partial charge in [0.15, 0.2) is 11.5 Å². The largest absolute Gasteiger partial charge is 0.493 e. The summed E-state index contributed by atoms with van der Waals surface area (Å²) in [6.07, 6.45) is 5.19. The Kier molecular flexibility index (Phi) is 8.04. The van der Waals surface area contributed by atoms with E-state index in [1.807, 2.05) is 18.2 Å². The molecule has 0 atom stereocenters. The summed E-state index contributed by atoms with van der Waals surface area (Å²) < 4.78 is 10.7. The summed E-state index contributed by atoms with van der Waals surface area (Å²) in [5.74, 6) is 3.89. The van der Waals surface area contributed by atoms with Crippen LogP contribution in [0.15, 0.2) is 18.2 Å². The number of rotatable bonds is 6. The molecular formula is C13H18ClNO2. The summed E-state index contributed by atoms with van der Waals surface area (Å²) in [6.45, 7) is 3.96. The van der Waals surface area contributed by atoms with Gasteiger partial charge in [-0.05, 0) is 12.6 Å². The van der Waals surface area contributed by atoms with E-state index in [9.17, 15) is 0 Å². The molecule has 0 bridgehead atoms. The lowest BCUT2D eigenvalue weighted by Crippen LogP contribution is -2.13. The van der Waals surface area contributed by atoms with Gasteiger partial charge in [0.25, 0.3) is 0 Å². The summed E-state index contributed by atoms with van der Waals surface area (Å²) in [6, 6.07) is 5.80. The Morgan fingerprint density at radius 1 is 1.41 bits per heavy atom. The van der Waals surface area contributed by atoms with Gasteiger partial charge in [-0.25, -0.2) is 0 Å². The third kappa shape index (κ3) is 4.56. The van der Waals surface area contributed by atoms with Crippen molar-refractivity contribution in [2.24, 2.45) is 0 Å². The average molecular weight is 256 g/mol. The van der Waals surface area contributed by atoms with Crippen LogP contribution in [-0.2, 0) is 6.54 Å². The van der Waals surface area contributed by atoms with Crippen LogP contribution in [0.1, 0.15) is 12.5 Å². The van der Waals surface area contributed by atoms with E-state index in [0.29, 0.717) is 5.75 Å². The summed E-state index contributed by atoms with van der Waals surface area (Å²) in [5.41, 5.74) is 1.05. The molecule has 0 radical (unpaired) electrons. The zero-order chi connectivity index (χ0) is 11.8. The molecule has 17 heavy (non-hydrogen) atoms. The molecule has 1 aromatic rings. The molecule has 0 heterocycles. The Hall–Kier alpha value is -1.37. The Balaban J connectivity index is 0.00000256. The molecule has 0 aromatic heterocycles. The van der Waals surface area contributed by atoms with Gasteiger partial charge in [0.2, 0.25) is 0 Å². The highest BCUT2D eigenvalue weighted by atomic mass is 35.5. The van der Waals surface area contributed by atoms with E-state index in [1.54, 1.807) is 7.11 Å². The first kappa shape index (κ1) is 15.6. The first-order chi connectivity index (χ1) is 7.83. The van der Waals surface area contributed by atoms with Gasteiger partial charge in [-0.15, -0.1) is 18.8 Å². The molecule has 0 saturated heterocycles. The van der Waals surface area contributed by atoms with Crippen LogP contribution in [-0.4, -0.2) is 20.3 Å². The Labute approximate surface area is 109 Å². The molecule has 0 unspecified atom stereocenters. The maximum Gasteiger partial charge on any atom is 0.167 e. The second kappa shape index (κ2) is 8.74. The fourth-order valence-corrected chi connectivity index (χ4v) is 1.40. The van der Waals surface area contributed by atoms with Crippen molar-refractivity contribution >= 4 is 12.4 Å². The first-order valence-corrected chi connectivity index (χ1v) is 5.26. The zero-order valence-electron chi connectivity index (χ0n) is 10.2. The van der Waals surface area contributed by atoms with Crippen LogP contribution < -0.4 is 14.8 Å². The van der Waals surface area contributed by atoms with E-state index in [-0.39, 0.29) is 19.0 Å². The smallest absolute Gasteiger partial charge is 0.167 e. The number of ether oxygens (including phenoxy) is 2. The fourth-order valence-electron chi connectivity index (χ4n) is 1.40. The highest BCUT2D eigenvalue weighted by Crippen LogP contribution is 2.30. The highest BCUT2D eigenvalue weighted by molar-refractivity contribution is 5.85. The molecule has 0 spiro atoms. The third-order valence-corrected chi connectivity index (χ3v) is 2.15. The maximum absolute atomic E-state index is 5.50. The quantitative estimate of drug-likeness (QED) is 0.791. The number of hydrogen-bond acceptors (Lipinski definition) is 3. The number of benzene rings is 1. The van der Waals surface area contributed by atoms with Crippen molar-refractivity contribution in [2.75, 3.05) is 20.3 Å². The van der Waals surface area contributed by atoms with Crippen molar-refractivity contribution in [3.63, 3.8) is 0 Å². The Bertz CT molecular complexity index is 374. The molecule has 3 nitrogen and oxygen atoms in total. The van der Waals surface area contributed by atoms with E-state index in [0.717, 1.165) is 24.4 Å². The predicted molar refractivity (Wildman–Crippen MR) is 72.0 cm³/mol. The molecular weight excluding hydrogens is 238 g/mol. The molecule has 0 amide bonds. The summed E-state index contributed by atoms with van der Waals surface area (Å²) in [7, 11) is 1.62. The van der Waals surface area contributed by atoms with Gasteiger partial charge in [-0.2, -0.15) is 0 Å². The number of hydrogen-bond donors (Lipinski definition) is 1. The van der Waals surface area contributed by atoms with E-state index in [1.165, 1.54) is 0 Å². The van der Waals surface area contributed by atoms with E-state index < -0.39 is 0 Å². The number of terminal acetylenes is 1. The van der Waals surface area contributed by atoms with Crippen molar-refractivity contribution in [2.45, 2.75) is 13.5 Å². The van der Waals surface area contributed by atoms with Crippen molar-refractivity contribution in [1.82, 2.24) is 5.32 Å². The molecule has 4 heteroatoms. The summed E-state index contributed by atoms with van der Waals surface area (Å²) in [5, 5.41) is 3.25. The van der Waals surface area contributed by atoms with Crippen LogP contribution in [0.4, 0.5) is 0 Å². The third-order valence-electron chi connectivity index (χ3n) is 2.15. The highest BCUT2D eigenvalue weighted by Gasteiger charge is 2.09. The molecule has 1 aromatic carbocycles. The van der Waals surface area contributed by atoms with Gasteiger partial charge in [0.1, 0.15) is 6.61 Å². The second-order valence-corrected chi connectivity index (χ2v) is 3.22. The van der Waals surface area contributed by atoms with Crippen LogP contribution in [0.2, 0.25) is 0 Å². The van der Waals surface area contributed by atoms with Crippen LogP contribution >= 0.6 is 12.4 Å². The van der Waals surface area contributed by atoms with Crippen molar-refractivity contribution in [3.8, 4) is 23.8 Å². The maximum atomic E-state index is 5.50. The minimum absolute atomic E-state index is 0. The van der Waals surface area contributed by atoms with Crippen molar-refractivity contribution in [3.05, 3.63) is 23.8 Å². The second-order valence-electron chi connectivity index (χ2n) is 3.22. The van der Waals surface area contributed by atoms with Crippen LogP contribution in [0.3, 0.4) is 0 Å². The first-order valence-electron chi connectivity index (χ1n) is 5.26. The minimum Gasteiger partial charge on any atom is -0.493 e. The zero-order valence-corrected chi connectivity index (χ0v) is 11.0. The SMILES string of the molecule is C#CCOc1c(CNCC)cccc1OC.Cl. The molecule has 0 aliphatic rings. The van der Waals surface area contributed by atoms with E-state index >= 15 is 0 Å². The van der Waals surface area contributed by atoms with Crippen LogP contribution in [0.25, 0.3) is 0 Å². The van der Waals surface area contributed by atoms with Gasteiger partial charge in [0.05, 0.1) is 7.11 Å². The number of methoxy groups -OCH3 is 1. The normalized spacial score (nSPS) is 9.00. The van der Waals surface area contributed by atoms with Gasteiger partial charge in [-0.1, -0.05) is 25.0 Å². The predicted octanol–water partition coefficient (Wildman–Crippen LogP) is 2.24. The summed E-state index contributed by atoms with van der Waals surface area (Å²) >= 11 is 0. The lowest BCUT2D eigenvalue weighted by molar-refractivity contribution is 0.326. The molecule has 0 fully saturated rings. The van der Waals surface area contributed by atoms with Crippen LogP contribution in [0, 0.1) is 12.3 Å². The van der Waals surface area contributed by atoms with Crippen molar-refractivity contribution < 1.29 is 9.47 Å². The Morgan fingerprint density at radius 3 is 2.76 bits per heavy atom. The number of halogens is 1. The van der Waals surface area contributed by atoms with Gasteiger partial charge < -0.3 is 14.8 Å². The molecule has 0 aliphatic heterocycles. The number of nitrogens with one attached hydrogen (secondary N) is 1. The topological polar surface area (TPSA) is 30.5 Å². The Morgan fingerprint density at radius 2 is 2.18 bits per heavy atom.